The van der Waals surface area contributed by atoms with Crippen LogP contribution >= 0.6 is 0 Å². The first kappa shape index (κ1) is 48.7. The third kappa shape index (κ3) is 9.92. The molecule has 0 saturated carbocycles. The Kier molecular flexibility index (Phi) is 15.1. The lowest BCUT2D eigenvalue weighted by Crippen LogP contribution is -2.53. The van der Waals surface area contributed by atoms with Crippen molar-refractivity contribution in [2.75, 3.05) is 41.0 Å². The van der Waals surface area contributed by atoms with Gasteiger partial charge in [-0.3, -0.25) is 14.4 Å². The van der Waals surface area contributed by atoms with Crippen LogP contribution in [0.3, 0.4) is 0 Å². The molecule has 14 nitrogen and oxygen atoms in total. The highest BCUT2D eigenvalue weighted by Gasteiger charge is 2.50. The van der Waals surface area contributed by atoms with Crippen LogP contribution in [0.4, 0.5) is 0 Å². The minimum absolute atomic E-state index is 0.0173. The van der Waals surface area contributed by atoms with Crippen LogP contribution in [0.15, 0.2) is 103 Å². The summed E-state index contributed by atoms with van der Waals surface area (Å²) in [7, 11) is 5.43. The number of ketones is 3. The first-order valence-corrected chi connectivity index (χ1v) is 22.3. The number of nitrogens with two attached hydrogens (primary N) is 1. The lowest BCUT2D eigenvalue weighted by atomic mass is 9.72. The van der Waals surface area contributed by atoms with Gasteiger partial charge in [-0.15, -0.1) is 0 Å². The zero-order valence-corrected chi connectivity index (χ0v) is 38.3. The fourth-order valence-corrected chi connectivity index (χ4v) is 9.10. The average molecular weight is 915 g/mol. The van der Waals surface area contributed by atoms with Crippen LogP contribution in [0, 0.1) is 0 Å². The number of rotatable bonds is 13. The number of ether oxygens (including phenoxy) is 4. The standard InChI is InChI=1S/C27H29NO11.C26H29NO/c1-10-22(31)13(28)6-17(38-10)39-15-8-27(36,16(30)9-29)7-12-19(15)26(35)21-20(24(12)33)23(32)11-4-3-5-14(37-2)18(11)25(21)34;1-4-25(21-11-7-5-8-12-21)26(22-13-9-6-10-14-22)23-15-17-24(18-16-23)28-20-19-27(2)3/h3-5,10,13,15,17,22,29,31,33,35-36H,6-9,28H2,1-2H3;5-18H,4,19-20H2,1-3H3/b;26-25-/t10-,13-,15-,17-,22-,27-;/m0./s1. The van der Waals surface area contributed by atoms with Gasteiger partial charge in [0.1, 0.15) is 41.8 Å². The van der Waals surface area contributed by atoms with Gasteiger partial charge in [-0.25, -0.2) is 0 Å². The van der Waals surface area contributed by atoms with Crippen LogP contribution in [0.5, 0.6) is 23.0 Å². The predicted octanol–water partition coefficient (Wildman–Crippen LogP) is 6.00. The van der Waals surface area contributed by atoms with E-state index < -0.39 is 95.7 Å². The van der Waals surface area contributed by atoms with Crippen molar-refractivity contribution >= 4 is 28.5 Å². The van der Waals surface area contributed by atoms with E-state index in [0.29, 0.717) is 6.61 Å². The third-order valence-corrected chi connectivity index (χ3v) is 12.6. The predicted molar refractivity (Wildman–Crippen MR) is 251 cm³/mol. The van der Waals surface area contributed by atoms with Gasteiger partial charge in [0.25, 0.3) is 0 Å². The smallest absolute Gasteiger partial charge is 0.202 e. The first-order valence-electron chi connectivity index (χ1n) is 22.3. The number of nitrogens with zero attached hydrogens (tertiary/aromatic N) is 1. The molecular weight excluding hydrogens is 857 g/mol. The summed E-state index contributed by atoms with van der Waals surface area (Å²) in [6, 6.07) is 33.5. The fraction of sp³-hybridized carbons (Fsp3) is 0.340. The molecule has 5 aromatic rings. The van der Waals surface area contributed by atoms with Crippen LogP contribution in [0.2, 0.25) is 0 Å². The topological polar surface area (TPSA) is 219 Å². The van der Waals surface area contributed by atoms with Gasteiger partial charge < -0.3 is 55.1 Å². The van der Waals surface area contributed by atoms with Gasteiger partial charge in [-0.1, -0.05) is 91.9 Å². The second-order valence-corrected chi connectivity index (χ2v) is 17.3. The van der Waals surface area contributed by atoms with Crippen LogP contribution < -0.4 is 15.2 Å². The number of aliphatic hydroxyl groups is 3. The van der Waals surface area contributed by atoms with E-state index in [1.807, 2.05) is 0 Å². The van der Waals surface area contributed by atoms with Gasteiger partial charge in [0.05, 0.1) is 42.1 Å². The number of aromatic hydroxyl groups is 2. The molecule has 2 aliphatic carbocycles. The Morgan fingerprint density at radius 3 is 2.07 bits per heavy atom. The molecule has 0 radical (unpaired) electrons. The van der Waals surface area contributed by atoms with Crippen LogP contribution in [-0.4, -0.2) is 119 Å². The van der Waals surface area contributed by atoms with Crippen molar-refractivity contribution in [2.45, 2.75) is 75.8 Å². The monoisotopic (exact) mass is 914 g/mol. The van der Waals surface area contributed by atoms with Gasteiger partial charge in [-0.05, 0) is 73.5 Å². The summed E-state index contributed by atoms with van der Waals surface area (Å²) in [5.74, 6) is -2.86. The molecule has 5 aromatic carbocycles. The molecule has 8 rings (SSSR count). The Balaban J connectivity index is 0.000000210. The molecular formula is C53H58N2O12. The number of methoxy groups -OCH3 is 1. The van der Waals surface area contributed by atoms with E-state index in [0.717, 1.165) is 18.7 Å². The van der Waals surface area contributed by atoms with Gasteiger partial charge in [0, 0.05) is 48.5 Å². The Morgan fingerprint density at radius 2 is 1.48 bits per heavy atom. The molecule has 0 spiro atoms. The second-order valence-electron chi connectivity index (χ2n) is 17.3. The number of phenolic OH excluding ortho intramolecular Hbond substituents is 2. The molecule has 1 saturated heterocycles. The molecule has 6 atom stereocenters. The summed E-state index contributed by atoms with van der Waals surface area (Å²) >= 11 is 0. The van der Waals surface area contributed by atoms with Crippen molar-refractivity contribution in [3.05, 3.63) is 153 Å². The number of fused-ring (bicyclic) bond motifs is 3. The van der Waals surface area contributed by atoms with Gasteiger partial charge in [0.15, 0.2) is 17.9 Å². The molecule has 14 heteroatoms. The summed E-state index contributed by atoms with van der Waals surface area (Å²) in [4.78, 5) is 41.9. The second kappa shape index (κ2) is 20.7. The molecule has 3 aliphatic rings. The number of carbonyl (C=O) groups excluding carboxylic acids is 3. The number of likely N-dealkylation sites (N-methyl/N-ethyl adjacent to an activating group) is 1. The minimum atomic E-state index is -2.24. The third-order valence-electron chi connectivity index (χ3n) is 12.6. The van der Waals surface area contributed by atoms with Gasteiger partial charge >= 0.3 is 0 Å². The number of aliphatic hydroxyl groups excluding tert-OH is 2. The number of hydrogen-bond donors (Lipinski definition) is 6. The fourth-order valence-electron chi connectivity index (χ4n) is 9.10. The minimum Gasteiger partial charge on any atom is -0.507 e. The van der Waals surface area contributed by atoms with Crippen LogP contribution in [-0.2, 0) is 20.7 Å². The lowest BCUT2D eigenvalue weighted by Gasteiger charge is -2.42. The highest BCUT2D eigenvalue weighted by molar-refractivity contribution is 6.31. The molecule has 0 amide bonds. The SMILES string of the molecule is CC/C(=C(\c1ccccc1)c1ccc(OCCN(C)C)cc1)c1ccccc1.COc1cccc2c1C(=O)c1c(O)c3c(c(O)c1C2=O)C[C@@](O)(C(=O)CO)C[C@@H]3O[C@H]1C[C@H](N)[C@@H](O)[C@H](C)O1. The normalized spacial score (nSPS) is 22.4. The number of hydrogen-bond acceptors (Lipinski definition) is 14. The molecule has 0 aromatic heterocycles. The van der Waals surface area contributed by atoms with Gasteiger partial charge in [-0.2, -0.15) is 0 Å². The molecule has 1 aliphatic heterocycles. The number of benzene rings is 5. The largest absolute Gasteiger partial charge is 0.507 e. The Bertz CT molecular complexity index is 2620. The van der Waals surface area contributed by atoms with Crippen molar-refractivity contribution in [1.82, 2.24) is 4.90 Å². The number of allylic oxidation sites excluding steroid dienone is 1. The Hall–Kier alpha value is -6.23. The average Bonchev–Trinajstić information content (AvgIpc) is 3.33. The molecule has 67 heavy (non-hydrogen) atoms. The van der Waals surface area contributed by atoms with Crippen molar-refractivity contribution in [3.8, 4) is 23.0 Å². The molecule has 352 valence electrons. The highest BCUT2D eigenvalue weighted by atomic mass is 16.7. The maximum absolute atomic E-state index is 13.6. The molecule has 1 heterocycles. The summed E-state index contributed by atoms with van der Waals surface area (Å²) in [6.07, 6.45) is -4.16. The van der Waals surface area contributed by atoms with E-state index >= 15 is 0 Å². The van der Waals surface area contributed by atoms with E-state index in [9.17, 15) is 39.9 Å². The van der Waals surface area contributed by atoms with Crippen molar-refractivity contribution in [3.63, 3.8) is 0 Å². The lowest BCUT2D eigenvalue weighted by molar-refractivity contribution is -0.247. The van der Waals surface area contributed by atoms with E-state index in [-0.39, 0.29) is 34.4 Å². The summed E-state index contributed by atoms with van der Waals surface area (Å²) < 4.78 is 22.9. The Labute approximate surface area is 389 Å². The summed E-state index contributed by atoms with van der Waals surface area (Å²) in [5.41, 5.74) is 8.74. The van der Waals surface area contributed by atoms with E-state index in [4.69, 9.17) is 24.7 Å². The summed E-state index contributed by atoms with van der Waals surface area (Å²) in [6.45, 7) is 4.39. The molecule has 0 unspecified atom stereocenters. The van der Waals surface area contributed by atoms with E-state index in [2.05, 4.69) is 111 Å². The van der Waals surface area contributed by atoms with Crippen molar-refractivity contribution in [1.29, 1.82) is 0 Å². The van der Waals surface area contributed by atoms with Gasteiger partial charge in [0.2, 0.25) is 5.78 Å². The van der Waals surface area contributed by atoms with E-state index in [1.165, 1.54) is 53.1 Å². The summed E-state index contributed by atoms with van der Waals surface area (Å²) in [5, 5.41) is 53.7. The van der Waals surface area contributed by atoms with Crippen molar-refractivity contribution in [2.24, 2.45) is 5.73 Å². The number of carbonyl (C=O) groups is 3. The van der Waals surface area contributed by atoms with Crippen LogP contribution in [0.25, 0.3) is 11.1 Å². The zero-order valence-electron chi connectivity index (χ0n) is 38.3. The zero-order chi connectivity index (χ0) is 48.2. The quantitative estimate of drug-likeness (QED) is 0.0579. The first-order chi connectivity index (χ1) is 32.1. The number of phenols is 2. The van der Waals surface area contributed by atoms with E-state index in [1.54, 1.807) is 6.92 Å². The molecule has 1 fully saturated rings. The molecule has 7 N–H and O–H groups in total. The number of Topliss-reactive ketones (excluding diaryl/α,β-unsaturated/α-hetero) is 1. The Morgan fingerprint density at radius 1 is 0.851 bits per heavy atom. The highest BCUT2D eigenvalue weighted by Crippen LogP contribution is 2.52. The maximum atomic E-state index is 13.6. The molecule has 0 bridgehead atoms. The van der Waals surface area contributed by atoms with Crippen molar-refractivity contribution < 1.29 is 58.9 Å². The maximum Gasteiger partial charge on any atom is 0.202 e. The van der Waals surface area contributed by atoms with Crippen LogP contribution in [0.1, 0.15) is 98.9 Å².